The molecule has 11 heteroatoms. The summed E-state index contributed by atoms with van der Waals surface area (Å²) in [5.74, 6) is -1.52. The summed E-state index contributed by atoms with van der Waals surface area (Å²) in [6.07, 6.45) is 0. The molecule has 1 amide bonds. The predicted octanol–water partition coefficient (Wildman–Crippen LogP) is 4.28. The third-order valence-electron chi connectivity index (χ3n) is 5.96. The monoisotopic (exact) mass is 538 g/mol. The molecule has 0 aliphatic carbocycles. The number of esters is 1. The maximum absolute atomic E-state index is 13.5. The van der Waals surface area contributed by atoms with E-state index >= 15 is 0 Å². The minimum Gasteiger partial charge on any atom is -0.507 e. The number of ketones is 1. The summed E-state index contributed by atoms with van der Waals surface area (Å²) in [7, 11) is 4.43. The Morgan fingerprint density at radius 1 is 1.05 bits per heavy atom. The second-order valence-electron chi connectivity index (χ2n) is 8.15. The molecule has 38 heavy (non-hydrogen) atoms. The number of amides is 1. The van der Waals surface area contributed by atoms with Crippen molar-refractivity contribution in [3.8, 4) is 17.2 Å². The number of Topliss-reactive ketones (excluding diaryl/α,β-unsaturated/α-hetero) is 1. The normalized spacial score (nSPS) is 16.4. The minimum atomic E-state index is -1.08. The molecule has 1 saturated heterocycles. The van der Waals surface area contributed by atoms with Gasteiger partial charge in [0.15, 0.2) is 16.6 Å². The van der Waals surface area contributed by atoms with Crippen LogP contribution in [-0.2, 0) is 14.3 Å². The Kier molecular flexibility index (Phi) is 7.67. The van der Waals surface area contributed by atoms with Crippen molar-refractivity contribution < 1.29 is 38.4 Å². The standard InChI is InChI=1S/C27H26N2O8S/c1-6-37-26(33)24-14(2)28-27(38-24)29-21(15-10-11-18(35-4)19(13-15)36-5)20(23(31)25(29)32)22(30)16-8-7-9-17(12-16)34-3/h7-13,21,30H,6H2,1-5H3. The number of aromatic nitrogens is 1. The number of anilines is 1. The summed E-state index contributed by atoms with van der Waals surface area (Å²) in [5.41, 5.74) is 0.942. The van der Waals surface area contributed by atoms with Crippen molar-refractivity contribution in [1.29, 1.82) is 0 Å². The number of methoxy groups -OCH3 is 3. The highest BCUT2D eigenvalue weighted by Crippen LogP contribution is 2.45. The molecule has 0 radical (unpaired) electrons. The lowest BCUT2D eigenvalue weighted by Crippen LogP contribution is -2.29. The van der Waals surface area contributed by atoms with Gasteiger partial charge >= 0.3 is 11.9 Å². The maximum atomic E-state index is 13.5. The predicted molar refractivity (Wildman–Crippen MR) is 140 cm³/mol. The van der Waals surface area contributed by atoms with Crippen LogP contribution in [0.1, 0.15) is 39.5 Å². The number of carbonyl (C=O) groups is 3. The van der Waals surface area contributed by atoms with Gasteiger partial charge in [-0.1, -0.05) is 29.5 Å². The van der Waals surface area contributed by atoms with Crippen molar-refractivity contribution in [1.82, 2.24) is 4.98 Å². The van der Waals surface area contributed by atoms with Crippen LogP contribution in [0, 0.1) is 6.92 Å². The SMILES string of the molecule is CCOC(=O)c1sc(N2C(=O)C(=O)C(=C(O)c3cccc(OC)c3)C2c2ccc(OC)c(OC)c2)nc1C. The molecule has 0 spiro atoms. The highest BCUT2D eigenvalue weighted by molar-refractivity contribution is 7.17. The molecule has 1 fully saturated rings. The van der Waals surface area contributed by atoms with Gasteiger partial charge in [-0.25, -0.2) is 9.78 Å². The zero-order chi connectivity index (χ0) is 27.6. The summed E-state index contributed by atoms with van der Waals surface area (Å²) in [6, 6.07) is 10.3. The number of thiazole rings is 1. The molecule has 1 aliphatic heterocycles. The van der Waals surface area contributed by atoms with Gasteiger partial charge in [-0.15, -0.1) is 0 Å². The first-order valence-corrected chi connectivity index (χ1v) is 12.4. The Hall–Kier alpha value is -4.38. The van der Waals surface area contributed by atoms with Gasteiger partial charge in [0.25, 0.3) is 5.78 Å². The Labute approximate surface area is 223 Å². The Morgan fingerprint density at radius 2 is 1.79 bits per heavy atom. The molecule has 0 saturated carbocycles. The number of rotatable bonds is 8. The summed E-state index contributed by atoms with van der Waals surface area (Å²) >= 11 is 0.929. The first-order valence-electron chi connectivity index (χ1n) is 11.6. The van der Waals surface area contributed by atoms with Gasteiger partial charge < -0.3 is 24.1 Å². The van der Waals surface area contributed by atoms with Gasteiger partial charge in [-0.3, -0.25) is 14.5 Å². The molecule has 4 rings (SSSR count). The summed E-state index contributed by atoms with van der Waals surface area (Å²) < 4.78 is 21.1. The number of benzene rings is 2. The van der Waals surface area contributed by atoms with Crippen LogP contribution in [0.15, 0.2) is 48.0 Å². The van der Waals surface area contributed by atoms with Crippen molar-refractivity contribution in [2.24, 2.45) is 0 Å². The molecule has 3 aromatic rings. The zero-order valence-electron chi connectivity index (χ0n) is 21.4. The third kappa shape index (κ3) is 4.68. The van der Waals surface area contributed by atoms with E-state index in [1.54, 1.807) is 56.3 Å². The van der Waals surface area contributed by atoms with Crippen LogP contribution >= 0.6 is 11.3 Å². The topological polar surface area (TPSA) is 124 Å². The zero-order valence-corrected chi connectivity index (χ0v) is 22.3. The van der Waals surface area contributed by atoms with Crippen LogP contribution in [0.25, 0.3) is 5.76 Å². The van der Waals surface area contributed by atoms with E-state index in [2.05, 4.69) is 4.98 Å². The van der Waals surface area contributed by atoms with Crippen LogP contribution in [0.3, 0.4) is 0 Å². The molecule has 1 aromatic heterocycles. The molecule has 1 unspecified atom stereocenters. The van der Waals surface area contributed by atoms with E-state index in [0.29, 0.717) is 28.5 Å². The molecule has 0 bridgehead atoms. The smallest absolute Gasteiger partial charge is 0.350 e. The Bertz CT molecular complexity index is 1440. The van der Waals surface area contributed by atoms with E-state index in [4.69, 9.17) is 18.9 Å². The van der Waals surface area contributed by atoms with E-state index in [1.165, 1.54) is 26.2 Å². The van der Waals surface area contributed by atoms with Crippen LogP contribution in [-0.4, -0.2) is 55.7 Å². The Balaban J connectivity index is 1.95. The van der Waals surface area contributed by atoms with Gasteiger partial charge in [0, 0.05) is 5.56 Å². The number of hydrogen-bond acceptors (Lipinski definition) is 10. The lowest BCUT2D eigenvalue weighted by Gasteiger charge is -2.23. The largest absolute Gasteiger partial charge is 0.507 e. The maximum Gasteiger partial charge on any atom is 0.350 e. The summed E-state index contributed by atoms with van der Waals surface area (Å²) in [4.78, 5) is 45.1. The fourth-order valence-corrected chi connectivity index (χ4v) is 5.15. The first-order chi connectivity index (χ1) is 18.2. The lowest BCUT2D eigenvalue weighted by molar-refractivity contribution is -0.132. The fraction of sp³-hybridized carbons (Fsp3) is 0.259. The van der Waals surface area contributed by atoms with Crippen molar-refractivity contribution in [2.45, 2.75) is 19.9 Å². The summed E-state index contributed by atoms with van der Waals surface area (Å²) in [6.45, 7) is 3.47. The van der Waals surface area contributed by atoms with E-state index in [1.807, 2.05) is 0 Å². The van der Waals surface area contributed by atoms with Gasteiger partial charge in [-0.05, 0) is 43.7 Å². The molecule has 10 nitrogen and oxygen atoms in total. The Morgan fingerprint density at radius 3 is 2.45 bits per heavy atom. The first kappa shape index (κ1) is 26.7. The molecule has 1 aliphatic rings. The number of carbonyl (C=O) groups excluding carboxylic acids is 3. The molecule has 1 atom stereocenters. The van der Waals surface area contributed by atoms with E-state index in [9.17, 15) is 19.5 Å². The lowest BCUT2D eigenvalue weighted by atomic mass is 9.95. The summed E-state index contributed by atoms with van der Waals surface area (Å²) in [5, 5.41) is 11.5. The van der Waals surface area contributed by atoms with E-state index in [-0.39, 0.29) is 33.5 Å². The van der Waals surface area contributed by atoms with Gasteiger partial charge in [0.1, 0.15) is 16.4 Å². The molecular formula is C27H26N2O8S. The third-order valence-corrected chi connectivity index (χ3v) is 7.10. The molecule has 198 valence electrons. The molecule has 2 heterocycles. The second kappa shape index (κ2) is 10.9. The number of nitrogens with zero attached hydrogens (tertiary/aromatic N) is 2. The van der Waals surface area contributed by atoms with E-state index in [0.717, 1.165) is 11.3 Å². The molecular weight excluding hydrogens is 512 g/mol. The fourth-order valence-electron chi connectivity index (χ4n) is 4.17. The van der Waals surface area contributed by atoms with Crippen LogP contribution in [0.4, 0.5) is 5.13 Å². The average molecular weight is 539 g/mol. The number of aliphatic hydroxyl groups is 1. The molecule has 2 aromatic carbocycles. The number of ether oxygens (including phenoxy) is 4. The minimum absolute atomic E-state index is 0.108. The van der Waals surface area contributed by atoms with Crippen LogP contribution in [0.2, 0.25) is 0 Å². The second-order valence-corrected chi connectivity index (χ2v) is 9.12. The van der Waals surface area contributed by atoms with E-state index < -0.39 is 23.7 Å². The number of hydrogen-bond donors (Lipinski definition) is 1. The molecule has 1 N–H and O–H groups in total. The highest BCUT2D eigenvalue weighted by atomic mass is 32.1. The average Bonchev–Trinajstić information content (AvgIpc) is 3.44. The number of aryl methyl sites for hydroxylation is 1. The van der Waals surface area contributed by atoms with Gasteiger partial charge in [0.05, 0.1) is 45.2 Å². The van der Waals surface area contributed by atoms with Gasteiger partial charge in [0.2, 0.25) is 0 Å². The van der Waals surface area contributed by atoms with Crippen LogP contribution < -0.4 is 19.1 Å². The number of aliphatic hydroxyl groups excluding tert-OH is 1. The quantitative estimate of drug-likeness (QED) is 0.194. The van der Waals surface area contributed by atoms with Crippen molar-refractivity contribution >= 4 is 39.9 Å². The van der Waals surface area contributed by atoms with Crippen molar-refractivity contribution in [2.75, 3.05) is 32.8 Å². The van der Waals surface area contributed by atoms with Crippen molar-refractivity contribution in [3.63, 3.8) is 0 Å². The van der Waals surface area contributed by atoms with Crippen molar-refractivity contribution in [3.05, 3.63) is 69.7 Å². The van der Waals surface area contributed by atoms with Gasteiger partial charge in [-0.2, -0.15) is 0 Å². The van der Waals surface area contributed by atoms with Crippen LogP contribution in [0.5, 0.6) is 17.2 Å². The highest BCUT2D eigenvalue weighted by Gasteiger charge is 2.48.